The molecule has 0 aliphatic carbocycles. The van der Waals surface area contributed by atoms with Crippen LogP contribution in [0.15, 0.2) is 18.2 Å². The highest BCUT2D eigenvalue weighted by molar-refractivity contribution is 6.43. The van der Waals surface area contributed by atoms with E-state index >= 15 is 0 Å². The van der Waals surface area contributed by atoms with Gasteiger partial charge >= 0.3 is 0 Å². The molecule has 18 heavy (non-hydrogen) atoms. The molecule has 0 radical (unpaired) electrons. The predicted octanol–water partition coefficient (Wildman–Crippen LogP) is 2.00. The van der Waals surface area contributed by atoms with Gasteiger partial charge in [-0.25, -0.2) is 0 Å². The van der Waals surface area contributed by atoms with E-state index in [1.54, 1.807) is 18.2 Å². The van der Waals surface area contributed by atoms with Gasteiger partial charge in [0.15, 0.2) is 0 Å². The van der Waals surface area contributed by atoms with E-state index in [1.165, 1.54) is 0 Å². The fraction of sp³-hybridized carbons (Fsp3) is 0.333. The van der Waals surface area contributed by atoms with Gasteiger partial charge in [0.25, 0.3) is 5.91 Å². The summed E-state index contributed by atoms with van der Waals surface area (Å²) >= 11 is 11.8. The van der Waals surface area contributed by atoms with Crippen molar-refractivity contribution >= 4 is 35.0 Å². The molecule has 1 saturated heterocycles. The average Bonchev–Trinajstić information content (AvgIpc) is 2.35. The summed E-state index contributed by atoms with van der Waals surface area (Å²) in [6.07, 6.45) is 1.06. The van der Waals surface area contributed by atoms with E-state index in [0.29, 0.717) is 30.0 Å². The Morgan fingerprint density at radius 2 is 2.17 bits per heavy atom. The van der Waals surface area contributed by atoms with Gasteiger partial charge in [-0.3, -0.25) is 9.59 Å². The number of hydrogen-bond donors (Lipinski definition) is 2. The zero-order chi connectivity index (χ0) is 13.1. The first-order valence-electron chi connectivity index (χ1n) is 5.59. The molecule has 1 aromatic carbocycles. The first kappa shape index (κ1) is 13.2. The van der Waals surface area contributed by atoms with Crippen LogP contribution in [-0.4, -0.2) is 24.4 Å². The number of benzene rings is 1. The van der Waals surface area contributed by atoms with Gasteiger partial charge in [-0.05, 0) is 18.6 Å². The number of halogens is 2. The van der Waals surface area contributed by atoms with Crippen LogP contribution in [0.4, 0.5) is 0 Å². The van der Waals surface area contributed by atoms with Crippen molar-refractivity contribution in [1.29, 1.82) is 0 Å². The summed E-state index contributed by atoms with van der Waals surface area (Å²) in [5.74, 6) is -0.259. The number of carbonyl (C=O) groups is 2. The van der Waals surface area contributed by atoms with Crippen LogP contribution in [0.3, 0.4) is 0 Å². The lowest BCUT2D eigenvalue weighted by Gasteiger charge is -2.23. The maximum atomic E-state index is 12.0. The van der Waals surface area contributed by atoms with E-state index in [9.17, 15) is 9.59 Å². The molecule has 4 nitrogen and oxygen atoms in total. The highest BCUT2D eigenvalue weighted by atomic mass is 35.5. The Bertz CT molecular complexity index is 481. The minimum absolute atomic E-state index is 0.0151. The third-order valence-electron chi connectivity index (χ3n) is 2.80. The van der Waals surface area contributed by atoms with Gasteiger partial charge in [-0.15, -0.1) is 0 Å². The van der Waals surface area contributed by atoms with Gasteiger partial charge in [-0.1, -0.05) is 29.3 Å². The van der Waals surface area contributed by atoms with Crippen molar-refractivity contribution in [2.45, 2.75) is 18.9 Å². The molecule has 2 rings (SSSR count). The summed E-state index contributed by atoms with van der Waals surface area (Å²) in [5, 5.41) is 6.12. The summed E-state index contributed by atoms with van der Waals surface area (Å²) in [6.45, 7) is 0.447. The zero-order valence-electron chi connectivity index (χ0n) is 9.50. The minimum atomic E-state index is -0.274. The molecule has 96 valence electrons. The maximum absolute atomic E-state index is 12.0. The van der Waals surface area contributed by atoms with Crippen molar-refractivity contribution in [2.24, 2.45) is 0 Å². The molecule has 1 aromatic rings. The van der Waals surface area contributed by atoms with Crippen molar-refractivity contribution in [3.05, 3.63) is 33.8 Å². The van der Waals surface area contributed by atoms with Gasteiger partial charge in [-0.2, -0.15) is 0 Å². The van der Waals surface area contributed by atoms with Gasteiger partial charge < -0.3 is 10.6 Å². The zero-order valence-corrected chi connectivity index (χ0v) is 11.0. The predicted molar refractivity (Wildman–Crippen MR) is 70.0 cm³/mol. The molecule has 1 atom stereocenters. The third kappa shape index (κ3) is 2.94. The lowest BCUT2D eigenvalue weighted by molar-refractivity contribution is -0.122. The molecule has 2 amide bonds. The van der Waals surface area contributed by atoms with Crippen LogP contribution in [0.1, 0.15) is 23.2 Å². The van der Waals surface area contributed by atoms with Crippen molar-refractivity contribution in [3.63, 3.8) is 0 Å². The Morgan fingerprint density at radius 3 is 2.83 bits per heavy atom. The first-order chi connectivity index (χ1) is 8.58. The smallest absolute Gasteiger partial charge is 0.253 e. The molecule has 2 N–H and O–H groups in total. The van der Waals surface area contributed by atoms with E-state index in [4.69, 9.17) is 23.2 Å². The molecule has 0 saturated carbocycles. The average molecular weight is 287 g/mol. The quantitative estimate of drug-likeness (QED) is 0.874. The highest BCUT2D eigenvalue weighted by Crippen LogP contribution is 2.25. The van der Waals surface area contributed by atoms with Crippen molar-refractivity contribution in [1.82, 2.24) is 10.6 Å². The second kappa shape index (κ2) is 5.59. The van der Waals surface area contributed by atoms with E-state index in [2.05, 4.69) is 10.6 Å². The van der Waals surface area contributed by atoms with Crippen molar-refractivity contribution in [2.75, 3.05) is 6.54 Å². The molecule has 0 aromatic heterocycles. The van der Waals surface area contributed by atoms with Crippen LogP contribution in [0, 0.1) is 0 Å². The van der Waals surface area contributed by atoms with Crippen molar-refractivity contribution in [3.8, 4) is 0 Å². The van der Waals surface area contributed by atoms with Crippen LogP contribution < -0.4 is 10.6 Å². The van der Waals surface area contributed by atoms with Crippen LogP contribution in [0.25, 0.3) is 0 Å². The summed E-state index contributed by atoms with van der Waals surface area (Å²) in [4.78, 5) is 23.0. The van der Waals surface area contributed by atoms with Gasteiger partial charge in [0.1, 0.15) is 0 Å². The number of amides is 2. The first-order valence-corrected chi connectivity index (χ1v) is 6.35. The number of piperidine rings is 1. The van der Waals surface area contributed by atoms with E-state index < -0.39 is 0 Å². The highest BCUT2D eigenvalue weighted by Gasteiger charge is 2.21. The van der Waals surface area contributed by atoms with Crippen LogP contribution >= 0.6 is 23.2 Å². The molecule has 1 aliphatic heterocycles. The second-order valence-electron chi connectivity index (χ2n) is 4.11. The summed E-state index contributed by atoms with van der Waals surface area (Å²) in [7, 11) is 0. The fourth-order valence-corrected chi connectivity index (χ4v) is 2.18. The topological polar surface area (TPSA) is 58.2 Å². The van der Waals surface area contributed by atoms with E-state index in [1.807, 2.05) is 0 Å². The monoisotopic (exact) mass is 286 g/mol. The fourth-order valence-electron chi connectivity index (χ4n) is 1.80. The Labute approximate surface area is 115 Å². The molecule has 1 unspecified atom stereocenters. The van der Waals surface area contributed by atoms with Crippen LogP contribution in [-0.2, 0) is 4.79 Å². The largest absolute Gasteiger partial charge is 0.354 e. The minimum Gasteiger partial charge on any atom is -0.354 e. The number of hydrogen-bond acceptors (Lipinski definition) is 2. The second-order valence-corrected chi connectivity index (χ2v) is 4.90. The Balaban J connectivity index is 2.03. The van der Waals surface area contributed by atoms with Gasteiger partial charge in [0.2, 0.25) is 5.91 Å². The van der Waals surface area contributed by atoms with Gasteiger partial charge in [0.05, 0.1) is 15.6 Å². The standard InChI is InChI=1S/C12H12Cl2N2O2/c13-9-3-1-2-8(11(9)14)12(18)16-7-4-5-10(17)15-6-7/h1-3,7H,4-6H2,(H,15,17)(H,16,18). The third-order valence-corrected chi connectivity index (χ3v) is 3.62. The summed E-state index contributed by atoms with van der Waals surface area (Å²) in [5.41, 5.74) is 0.348. The number of carbonyl (C=O) groups excluding carboxylic acids is 2. The van der Waals surface area contributed by atoms with E-state index in [0.717, 1.165) is 0 Å². The molecule has 0 spiro atoms. The maximum Gasteiger partial charge on any atom is 0.253 e. The normalized spacial score (nSPS) is 19.2. The number of rotatable bonds is 2. The SMILES string of the molecule is O=C1CCC(NC(=O)c2cccc(Cl)c2Cl)CN1. The Morgan fingerprint density at radius 1 is 1.39 bits per heavy atom. The Hall–Kier alpha value is -1.26. The molecular formula is C12H12Cl2N2O2. The van der Waals surface area contributed by atoms with Gasteiger partial charge in [0, 0.05) is 19.0 Å². The van der Waals surface area contributed by atoms with Crippen LogP contribution in [0.2, 0.25) is 10.0 Å². The molecule has 1 fully saturated rings. The molecule has 1 heterocycles. The molecule has 1 aliphatic rings. The van der Waals surface area contributed by atoms with Crippen molar-refractivity contribution < 1.29 is 9.59 Å². The van der Waals surface area contributed by atoms with Crippen LogP contribution in [0.5, 0.6) is 0 Å². The molecular weight excluding hydrogens is 275 g/mol. The van der Waals surface area contributed by atoms with E-state index in [-0.39, 0.29) is 22.9 Å². The molecule has 6 heteroatoms. The summed E-state index contributed by atoms with van der Waals surface area (Å²) < 4.78 is 0. The molecule has 0 bridgehead atoms. The lowest BCUT2D eigenvalue weighted by atomic mass is 10.1. The lowest BCUT2D eigenvalue weighted by Crippen LogP contribution is -2.47. The number of nitrogens with one attached hydrogen (secondary N) is 2. The Kier molecular flexibility index (Phi) is 4.09. The summed E-state index contributed by atoms with van der Waals surface area (Å²) in [6, 6.07) is 4.85.